The van der Waals surface area contributed by atoms with Gasteiger partial charge < -0.3 is 5.32 Å². The molecule has 4 nitrogen and oxygen atoms in total. The molecule has 4 heteroatoms. The molecule has 0 spiro atoms. The highest BCUT2D eigenvalue weighted by Gasteiger charge is 2.27. The van der Waals surface area contributed by atoms with E-state index in [2.05, 4.69) is 26.6 Å². The topological polar surface area (TPSA) is 40.2 Å². The van der Waals surface area contributed by atoms with Crippen LogP contribution in [0.15, 0.2) is 18.5 Å². The van der Waals surface area contributed by atoms with Gasteiger partial charge in [0.15, 0.2) is 0 Å². The van der Waals surface area contributed by atoms with Gasteiger partial charge in [0.05, 0.1) is 6.17 Å². The fourth-order valence-electron chi connectivity index (χ4n) is 2.44. The Balaban J connectivity index is 1.83. The predicted octanol–water partition coefficient (Wildman–Crippen LogP) is 0.0886. The zero-order valence-corrected chi connectivity index (χ0v) is 8.74. The van der Waals surface area contributed by atoms with E-state index >= 15 is 0 Å². The summed E-state index contributed by atoms with van der Waals surface area (Å²) in [4.78, 5) is 6.67. The third kappa shape index (κ3) is 1.65. The second-order valence-electron chi connectivity index (χ2n) is 4.14. The summed E-state index contributed by atoms with van der Waals surface area (Å²) in [5.74, 6) is 0. The Hall–Kier alpha value is -0.970. The maximum absolute atomic E-state index is 4.17. The first-order valence-corrected chi connectivity index (χ1v) is 5.56. The molecule has 3 rings (SSSR count). The number of hydrogen-bond acceptors (Lipinski definition) is 4. The number of fused-ring (bicyclic) bond motifs is 1. The van der Waals surface area contributed by atoms with Crippen LogP contribution in [0.1, 0.15) is 17.3 Å². The van der Waals surface area contributed by atoms with Crippen molar-refractivity contribution in [3.05, 3.63) is 29.6 Å². The van der Waals surface area contributed by atoms with Crippen LogP contribution in [0.25, 0.3) is 0 Å². The molecule has 2 N–H and O–H groups in total. The van der Waals surface area contributed by atoms with Crippen LogP contribution in [0.4, 0.5) is 0 Å². The monoisotopic (exact) mass is 204 g/mol. The number of nitrogens with one attached hydrogen (secondary N) is 2. The van der Waals surface area contributed by atoms with Crippen LogP contribution < -0.4 is 10.6 Å². The first-order valence-electron chi connectivity index (χ1n) is 5.56. The van der Waals surface area contributed by atoms with E-state index in [-0.39, 0.29) is 0 Å². The van der Waals surface area contributed by atoms with Gasteiger partial charge in [0.2, 0.25) is 0 Å². The molecule has 0 aromatic carbocycles. The van der Waals surface area contributed by atoms with Crippen molar-refractivity contribution in [1.29, 1.82) is 0 Å². The van der Waals surface area contributed by atoms with E-state index in [0.29, 0.717) is 6.17 Å². The van der Waals surface area contributed by atoms with Gasteiger partial charge in [-0.2, -0.15) is 0 Å². The first-order chi connectivity index (χ1) is 7.45. The molecule has 80 valence electrons. The van der Waals surface area contributed by atoms with Crippen LogP contribution in [0.5, 0.6) is 0 Å². The van der Waals surface area contributed by atoms with Crippen LogP contribution in [0.2, 0.25) is 0 Å². The molecule has 1 atom stereocenters. The summed E-state index contributed by atoms with van der Waals surface area (Å²) in [6, 6.07) is 2.14. The standard InChI is InChI=1S/C11H16N4/c1-2-13-7-9-8-14-11(10(1)9)15-5-3-12-4-6-15/h1-2,7,11-12,14H,3-6,8H2. The van der Waals surface area contributed by atoms with Crippen molar-refractivity contribution in [3.63, 3.8) is 0 Å². The molecule has 0 amide bonds. The lowest BCUT2D eigenvalue weighted by atomic mass is 10.1. The Morgan fingerprint density at radius 2 is 2.20 bits per heavy atom. The molecular weight excluding hydrogens is 188 g/mol. The Bertz CT molecular complexity index is 346. The molecule has 0 bridgehead atoms. The Morgan fingerprint density at radius 3 is 3.07 bits per heavy atom. The van der Waals surface area contributed by atoms with E-state index in [1.165, 1.54) is 11.1 Å². The average Bonchev–Trinajstić information content (AvgIpc) is 2.74. The van der Waals surface area contributed by atoms with Gasteiger partial charge >= 0.3 is 0 Å². The van der Waals surface area contributed by atoms with E-state index in [4.69, 9.17) is 0 Å². The SMILES string of the molecule is c1cc2c(cn1)CNC2N1CCNCC1. The number of hydrogen-bond donors (Lipinski definition) is 2. The van der Waals surface area contributed by atoms with Gasteiger partial charge in [-0.05, 0) is 17.2 Å². The lowest BCUT2D eigenvalue weighted by Gasteiger charge is -2.33. The second-order valence-corrected chi connectivity index (χ2v) is 4.14. The molecule has 1 aromatic rings. The molecule has 2 aliphatic rings. The zero-order valence-electron chi connectivity index (χ0n) is 8.74. The fourth-order valence-corrected chi connectivity index (χ4v) is 2.44. The second kappa shape index (κ2) is 3.89. The third-order valence-corrected chi connectivity index (χ3v) is 3.24. The minimum absolute atomic E-state index is 0.408. The summed E-state index contributed by atoms with van der Waals surface area (Å²) < 4.78 is 0. The Morgan fingerprint density at radius 1 is 1.33 bits per heavy atom. The minimum atomic E-state index is 0.408. The zero-order chi connectivity index (χ0) is 10.1. The van der Waals surface area contributed by atoms with Crippen molar-refractivity contribution in [2.45, 2.75) is 12.7 Å². The predicted molar refractivity (Wildman–Crippen MR) is 58.3 cm³/mol. The first kappa shape index (κ1) is 9.27. The molecule has 1 aromatic heterocycles. The van der Waals surface area contributed by atoms with Crippen LogP contribution in [0.3, 0.4) is 0 Å². The Kier molecular flexibility index (Phi) is 2.40. The lowest BCUT2D eigenvalue weighted by molar-refractivity contribution is 0.154. The van der Waals surface area contributed by atoms with Crippen molar-refractivity contribution in [3.8, 4) is 0 Å². The van der Waals surface area contributed by atoms with Crippen LogP contribution in [-0.4, -0.2) is 36.1 Å². The van der Waals surface area contributed by atoms with Gasteiger partial charge in [0.25, 0.3) is 0 Å². The van der Waals surface area contributed by atoms with Gasteiger partial charge in [-0.25, -0.2) is 0 Å². The maximum Gasteiger partial charge on any atom is 0.0868 e. The van der Waals surface area contributed by atoms with Gasteiger partial charge in [-0.3, -0.25) is 15.2 Å². The van der Waals surface area contributed by atoms with Gasteiger partial charge in [0, 0.05) is 45.1 Å². The highest BCUT2D eigenvalue weighted by atomic mass is 15.3. The van der Waals surface area contributed by atoms with Crippen LogP contribution in [0, 0.1) is 0 Å². The minimum Gasteiger partial charge on any atom is -0.314 e. The number of rotatable bonds is 1. The summed E-state index contributed by atoms with van der Waals surface area (Å²) in [6.45, 7) is 5.40. The van der Waals surface area contributed by atoms with E-state index < -0.39 is 0 Å². The normalized spacial score (nSPS) is 26.5. The molecule has 0 aliphatic carbocycles. The molecule has 1 saturated heterocycles. The molecule has 1 unspecified atom stereocenters. The van der Waals surface area contributed by atoms with E-state index in [9.17, 15) is 0 Å². The van der Waals surface area contributed by atoms with Crippen molar-refractivity contribution in [2.24, 2.45) is 0 Å². The van der Waals surface area contributed by atoms with Crippen molar-refractivity contribution in [2.75, 3.05) is 26.2 Å². The summed E-state index contributed by atoms with van der Waals surface area (Å²) in [7, 11) is 0. The van der Waals surface area contributed by atoms with E-state index in [0.717, 1.165) is 32.7 Å². The maximum atomic E-state index is 4.17. The number of piperazine rings is 1. The number of aromatic nitrogens is 1. The highest BCUT2D eigenvalue weighted by Crippen LogP contribution is 2.27. The largest absolute Gasteiger partial charge is 0.314 e. The summed E-state index contributed by atoms with van der Waals surface area (Å²) >= 11 is 0. The smallest absolute Gasteiger partial charge is 0.0868 e. The summed E-state index contributed by atoms with van der Waals surface area (Å²) in [6.07, 6.45) is 4.27. The van der Waals surface area contributed by atoms with Crippen molar-refractivity contribution < 1.29 is 0 Å². The molecule has 15 heavy (non-hydrogen) atoms. The highest BCUT2D eigenvalue weighted by molar-refractivity contribution is 5.30. The van der Waals surface area contributed by atoms with Gasteiger partial charge in [0.1, 0.15) is 0 Å². The molecule has 0 saturated carbocycles. The van der Waals surface area contributed by atoms with E-state index in [1.807, 2.05) is 12.4 Å². The number of pyridine rings is 1. The summed E-state index contributed by atoms with van der Waals surface area (Å²) in [5, 5.41) is 6.93. The van der Waals surface area contributed by atoms with E-state index in [1.54, 1.807) is 0 Å². The summed E-state index contributed by atoms with van der Waals surface area (Å²) in [5.41, 5.74) is 2.76. The molecule has 0 radical (unpaired) electrons. The quantitative estimate of drug-likeness (QED) is 0.680. The molecule has 3 heterocycles. The lowest BCUT2D eigenvalue weighted by Crippen LogP contribution is -2.47. The third-order valence-electron chi connectivity index (χ3n) is 3.24. The van der Waals surface area contributed by atoms with Gasteiger partial charge in [-0.15, -0.1) is 0 Å². The molecule has 2 aliphatic heterocycles. The number of nitrogens with zero attached hydrogens (tertiary/aromatic N) is 2. The Labute approximate surface area is 89.7 Å². The van der Waals surface area contributed by atoms with Crippen molar-refractivity contribution in [1.82, 2.24) is 20.5 Å². The van der Waals surface area contributed by atoms with Crippen LogP contribution in [-0.2, 0) is 6.54 Å². The molecular formula is C11H16N4. The average molecular weight is 204 g/mol. The van der Waals surface area contributed by atoms with Gasteiger partial charge in [-0.1, -0.05) is 0 Å². The van der Waals surface area contributed by atoms with Crippen molar-refractivity contribution >= 4 is 0 Å². The fraction of sp³-hybridized carbons (Fsp3) is 0.545. The molecule has 1 fully saturated rings. The van der Waals surface area contributed by atoms with Crippen LogP contribution >= 0.6 is 0 Å².